The van der Waals surface area contributed by atoms with Gasteiger partial charge in [-0.3, -0.25) is 13.9 Å². The summed E-state index contributed by atoms with van der Waals surface area (Å²) >= 11 is 0. The number of fused-ring (bicyclic) bond motifs is 3. The second kappa shape index (κ2) is 5.68. The fourth-order valence-electron chi connectivity index (χ4n) is 3.34. The molecule has 0 saturated carbocycles. The van der Waals surface area contributed by atoms with Crippen LogP contribution >= 0.6 is 0 Å². The van der Waals surface area contributed by atoms with Crippen LogP contribution in [0.25, 0.3) is 16.8 Å². The Morgan fingerprint density at radius 2 is 1.70 bits per heavy atom. The van der Waals surface area contributed by atoms with Gasteiger partial charge < -0.3 is 0 Å². The lowest BCUT2D eigenvalue weighted by molar-refractivity contribution is 0.179. The van der Waals surface area contributed by atoms with Crippen LogP contribution in [0.2, 0.25) is 0 Å². The summed E-state index contributed by atoms with van der Waals surface area (Å²) in [6, 6.07) is 8.59. The van der Waals surface area contributed by atoms with Gasteiger partial charge in [-0.2, -0.15) is 0 Å². The number of hydrogen-bond donors (Lipinski definition) is 0. The summed E-state index contributed by atoms with van der Waals surface area (Å²) in [7, 11) is 0. The number of nitrogens with zero attached hydrogens (tertiary/aromatic N) is 4. The summed E-state index contributed by atoms with van der Waals surface area (Å²) in [5.74, 6) is 1.04. The van der Waals surface area contributed by atoms with Crippen molar-refractivity contribution in [1.82, 2.24) is 18.9 Å². The Kier molecular flexibility index (Phi) is 3.96. The summed E-state index contributed by atoms with van der Waals surface area (Å²) in [5.41, 5.74) is 3.66. The first-order valence-electron chi connectivity index (χ1n) is 8.61. The van der Waals surface area contributed by atoms with Crippen LogP contribution in [0, 0.1) is 0 Å². The van der Waals surface area contributed by atoms with E-state index in [0.29, 0.717) is 0 Å². The summed E-state index contributed by atoms with van der Waals surface area (Å²) in [6.07, 6.45) is 2.48. The van der Waals surface area contributed by atoms with Crippen LogP contribution in [0.15, 0.2) is 30.5 Å². The third kappa shape index (κ3) is 2.55. The van der Waals surface area contributed by atoms with E-state index < -0.39 is 0 Å². The molecule has 3 aromatic rings. The van der Waals surface area contributed by atoms with E-state index in [9.17, 15) is 0 Å². The maximum Gasteiger partial charge on any atom is 0.216 e. The highest BCUT2D eigenvalue weighted by molar-refractivity contribution is 5.81. The van der Waals surface area contributed by atoms with Crippen LogP contribution in [0.5, 0.6) is 0 Å². The lowest BCUT2D eigenvalue weighted by Crippen LogP contribution is -2.30. The van der Waals surface area contributed by atoms with E-state index >= 15 is 0 Å². The topological polar surface area (TPSA) is 25.5 Å². The van der Waals surface area contributed by atoms with Crippen molar-refractivity contribution in [1.29, 1.82) is 0 Å². The fraction of sp³-hybridized carbons (Fsp3) is 0.526. The minimum Gasteiger partial charge on any atom is -0.294 e. The van der Waals surface area contributed by atoms with E-state index in [0.717, 1.165) is 24.6 Å². The molecule has 0 radical (unpaired) electrons. The maximum atomic E-state index is 4.99. The Morgan fingerprint density at radius 3 is 2.26 bits per heavy atom. The molecule has 0 aliphatic rings. The molecule has 4 heteroatoms. The molecule has 1 unspecified atom stereocenters. The maximum absolute atomic E-state index is 4.99. The largest absolute Gasteiger partial charge is 0.294 e. The zero-order valence-corrected chi connectivity index (χ0v) is 15.2. The van der Waals surface area contributed by atoms with Gasteiger partial charge >= 0.3 is 0 Å². The zero-order chi connectivity index (χ0) is 16.8. The smallest absolute Gasteiger partial charge is 0.216 e. The molecular weight excluding hydrogens is 284 g/mol. The molecule has 2 aromatic heterocycles. The Morgan fingerprint density at radius 1 is 1.09 bits per heavy atom. The molecule has 0 fully saturated rings. The molecule has 23 heavy (non-hydrogen) atoms. The lowest BCUT2D eigenvalue weighted by atomic mass is 9.93. The monoisotopic (exact) mass is 312 g/mol. The number of rotatable bonds is 4. The van der Waals surface area contributed by atoms with Crippen LogP contribution < -0.4 is 0 Å². The van der Waals surface area contributed by atoms with Crippen LogP contribution in [-0.4, -0.2) is 31.9 Å². The standard InChI is InChI=1S/C19H28N4/c1-7-21(8-2)14(3)23-16-12-10-9-11-15(16)22-13-17(19(4,5)6)20-18(22)23/h9-14H,7-8H2,1-6H3. The predicted molar refractivity (Wildman–Crippen MR) is 97.0 cm³/mol. The van der Waals surface area contributed by atoms with Gasteiger partial charge in [-0.25, -0.2) is 4.98 Å². The van der Waals surface area contributed by atoms with E-state index in [1.165, 1.54) is 11.0 Å². The average molecular weight is 312 g/mol. The molecule has 3 rings (SSSR count). The molecule has 1 atom stereocenters. The normalized spacial score (nSPS) is 14.2. The molecule has 2 heterocycles. The molecule has 0 amide bonds. The van der Waals surface area contributed by atoms with E-state index in [-0.39, 0.29) is 11.6 Å². The van der Waals surface area contributed by atoms with Gasteiger partial charge in [0.1, 0.15) is 0 Å². The Balaban J connectivity index is 2.30. The van der Waals surface area contributed by atoms with Crippen molar-refractivity contribution in [2.75, 3.05) is 13.1 Å². The van der Waals surface area contributed by atoms with Gasteiger partial charge in [0, 0.05) is 11.6 Å². The van der Waals surface area contributed by atoms with Crippen LogP contribution in [0.3, 0.4) is 0 Å². The summed E-state index contributed by atoms with van der Waals surface area (Å²) in [6.45, 7) is 15.4. The van der Waals surface area contributed by atoms with Gasteiger partial charge in [-0.15, -0.1) is 0 Å². The van der Waals surface area contributed by atoms with Crippen molar-refractivity contribution >= 4 is 16.8 Å². The summed E-state index contributed by atoms with van der Waals surface area (Å²) in [5, 5.41) is 0. The fourth-order valence-corrected chi connectivity index (χ4v) is 3.34. The van der Waals surface area contributed by atoms with Gasteiger partial charge in [0.2, 0.25) is 5.78 Å². The second-order valence-electron chi connectivity index (χ2n) is 7.26. The van der Waals surface area contributed by atoms with Crippen LogP contribution in [0.4, 0.5) is 0 Å². The highest BCUT2D eigenvalue weighted by atomic mass is 15.3. The molecule has 0 saturated heterocycles. The number of para-hydroxylation sites is 2. The van der Waals surface area contributed by atoms with E-state index in [2.05, 4.69) is 85.9 Å². The van der Waals surface area contributed by atoms with Crippen molar-refractivity contribution in [3.8, 4) is 0 Å². The van der Waals surface area contributed by atoms with Gasteiger partial charge in [0.15, 0.2) is 0 Å². The van der Waals surface area contributed by atoms with Crippen molar-refractivity contribution in [3.05, 3.63) is 36.2 Å². The van der Waals surface area contributed by atoms with E-state index in [1.807, 2.05) is 0 Å². The number of aromatic nitrogens is 3. The van der Waals surface area contributed by atoms with Gasteiger partial charge in [0.25, 0.3) is 0 Å². The average Bonchev–Trinajstić information content (AvgIpc) is 3.05. The lowest BCUT2D eigenvalue weighted by Gasteiger charge is -2.28. The molecule has 4 nitrogen and oxygen atoms in total. The van der Waals surface area contributed by atoms with Crippen LogP contribution in [-0.2, 0) is 5.41 Å². The summed E-state index contributed by atoms with van der Waals surface area (Å²) < 4.78 is 4.62. The predicted octanol–water partition coefficient (Wildman–Crippen LogP) is 4.45. The van der Waals surface area contributed by atoms with E-state index in [4.69, 9.17) is 4.98 Å². The quantitative estimate of drug-likeness (QED) is 0.711. The minimum absolute atomic E-state index is 0.0520. The third-order valence-corrected chi connectivity index (χ3v) is 4.79. The highest BCUT2D eigenvalue weighted by Crippen LogP contribution is 2.29. The SMILES string of the molecule is CCN(CC)C(C)n1c2ccccc2n2cc(C(C)(C)C)nc12. The first-order valence-corrected chi connectivity index (χ1v) is 8.61. The van der Waals surface area contributed by atoms with Crippen LogP contribution in [0.1, 0.15) is 53.4 Å². The van der Waals surface area contributed by atoms with Gasteiger partial charge in [-0.05, 0) is 32.1 Å². The molecule has 0 aliphatic carbocycles. The first-order chi connectivity index (χ1) is 10.9. The molecule has 0 aliphatic heterocycles. The van der Waals surface area contributed by atoms with Gasteiger partial charge in [0.05, 0.1) is 22.9 Å². The number of hydrogen-bond acceptors (Lipinski definition) is 2. The Labute approximate surface area is 138 Å². The number of imidazole rings is 2. The highest BCUT2D eigenvalue weighted by Gasteiger charge is 2.24. The van der Waals surface area contributed by atoms with Crippen molar-refractivity contribution < 1.29 is 0 Å². The van der Waals surface area contributed by atoms with Crippen molar-refractivity contribution in [2.45, 2.75) is 53.1 Å². The second-order valence-corrected chi connectivity index (χ2v) is 7.26. The molecule has 1 aromatic carbocycles. The molecule has 0 N–H and O–H groups in total. The summed E-state index contributed by atoms with van der Waals surface area (Å²) in [4.78, 5) is 7.45. The molecule has 0 spiro atoms. The zero-order valence-electron chi connectivity index (χ0n) is 15.2. The molecule has 124 valence electrons. The first kappa shape index (κ1) is 16.1. The molecular formula is C19H28N4. The van der Waals surface area contributed by atoms with E-state index in [1.54, 1.807) is 0 Å². The third-order valence-electron chi connectivity index (χ3n) is 4.79. The van der Waals surface area contributed by atoms with Crippen molar-refractivity contribution in [3.63, 3.8) is 0 Å². The molecule has 0 bridgehead atoms. The Bertz CT molecular complexity index is 815. The van der Waals surface area contributed by atoms with Gasteiger partial charge in [-0.1, -0.05) is 46.8 Å². The Hall–Kier alpha value is -1.81. The minimum atomic E-state index is 0.0520. The van der Waals surface area contributed by atoms with Crippen molar-refractivity contribution in [2.24, 2.45) is 0 Å². The number of benzene rings is 1.